The number of rotatable bonds is 7. The number of esters is 1. The van der Waals surface area contributed by atoms with Gasteiger partial charge < -0.3 is 14.2 Å². The van der Waals surface area contributed by atoms with Gasteiger partial charge in [0.1, 0.15) is 12.3 Å². The average molecular weight is 457 g/mol. The fourth-order valence-electron chi connectivity index (χ4n) is 2.57. The quantitative estimate of drug-likeness (QED) is 0.492. The van der Waals surface area contributed by atoms with E-state index in [1.165, 1.54) is 7.11 Å². The first-order valence-electron chi connectivity index (χ1n) is 8.47. The summed E-state index contributed by atoms with van der Waals surface area (Å²) in [6, 6.07) is 8.28. The van der Waals surface area contributed by atoms with Crippen LogP contribution in [0.3, 0.4) is 0 Å². The van der Waals surface area contributed by atoms with Crippen molar-refractivity contribution < 1.29 is 19.0 Å². The van der Waals surface area contributed by atoms with Crippen LogP contribution in [0, 0.1) is 0 Å². The van der Waals surface area contributed by atoms with E-state index in [-0.39, 0.29) is 18.9 Å². The molecule has 0 aliphatic carbocycles. The van der Waals surface area contributed by atoms with Crippen molar-refractivity contribution >= 4 is 40.8 Å². The summed E-state index contributed by atoms with van der Waals surface area (Å²) in [7, 11) is 1.50. The van der Waals surface area contributed by atoms with Gasteiger partial charge in [0, 0.05) is 16.1 Å². The van der Waals surface area contributed by atoms with Crippen molar-refractivity contribution in [2.45, 2.75) is 13.5 Å². The Hall–Kier alpha value is -2.48. The number of H-pyrrole nitrogens is 1. The third kappa shape index (κ3) is 4.75. The number of carbonyl (C=O) groups is 1. The zero-order chi connectivity index (χ0) is 21.0. The number of ether oxygens (including phenoxy) is 3. The SMILES string of the molecule is CCOC(=O)c1n[nH]nc1-c1ccc(OCc2c(Cl)cc(Cl)cc2Cl)c(OC)c1. The van der Waals surface area contributed by atoms with Crippen molar-refractivity contribution in [1.82, 2.24) is 15.4 Å². The molecule has 2 aromatic carbocycles. The number of halogens is 3. The van der Waals surface area contributed by atoms with Crippen LogP contribution in [0.4, 0.5) is 0 Å². The number of aromatic nitrogens is 3. The first-order valence-corrected chi connectivity index (χ1v) is 9.60. The van der Waals surface area contributed by atoms with Gasteiger partial charge in [0.25, 0.3) is 0 Å². The van der Waals surface area contributed by atoms with E-state index in [1.54, 1.807) is 37.3 Å². The fourth-order valence-corrected chi connectivity index (χ4v) is 3.49. The number of benzene rings is 2. The molecule has 0 aliphatic heterocycles. The van der Waals surface area contributed by atoms with Crippen LogP contribution in [-0.2, 0) is 11.3 Å². The summed E-state index contributed by atoms with van der Waals surface area (Å²) in [6.07, 6.45) is 0. The van der Waals surface area contributed by atoms with Gasteiger partial charge in [-0.15, -0.1) is 5.10 Å². The monoisotopic (exact) mass is 455 g/mol. The molecule has 1 N–H and O–H groups in total. The van der Waals surface area contributed by atoms with Gasteiger partial charge >= 0.3 is 5.97 Å². The van der Waals surface area contributed by atoms with Crippen molar-refractivity contribution in [2.24, 2.45) is 0 Å². The Morgan fingerprint density at radius 2 is 1.79 bits per heavy atom. The molecule has 0 saturated heterocycles. The molecule has 0 atom stereocenters. The second-order valence-corrected chi connectivity index (χ2v) is 6.99. The molecular weight excluding hydrogens is 441 g/mol. The Bertz CT molecular complexity index is 1020. The van der Waals surface area contributed by atoms with E-state index in [1.807, 2.05) is 0 Å². The molecule has 7 nitrogen and oxygen atoms in total. The number of hydrogen-bond donors (Lipinski definition) is 1. The minimum atomic E-state index is -0.567. The van der Waals surface area contributed by atoms with E-state index in [0.717, 1.165) is 0 Å². The third-order valence-electron chi connectivity index (χ3n) is 3.93. The lowest BCUT2D eigenvalue weighted by Gasteiger charge is -2.13. The van der Waals surface area contributed by atoms with Crippen LogP contribution in [-0.4, -0.2) is 35.1 Å². The number of aromatic amines is 1. The molecular formula is C19H16Cl3N3O4. The third-order valence-corrected chi connectivity index (χ3v) is 4.82. The van der Waals surface area contributed by atoms with E-state index in [0.29, 0.717) is 43.4 Å². The zero-order valence-electron chi connectivity index (χ0n) is 15.5. The van der Waals surface area contributed by atoms with Crippen LogP contribution in [0.1, 0.15) is 23.0 Å². The highest BCUT2D eigenvalue weighted by atomic mass is 35.5. The molecule has 1 heterocycles. The van der Waals surface area contributed by atoms with Crippen molar-refractivity contribution in [1.29, 1.82) is 0 Å². The van der Waals surface area contributed by atoms with Gasteiger partial charge in [-0.1, -0.05) is 34.8 Å². The molecule has 0 bridgehead atoms. The normalized spacial score (nSPS) is 10.7. The van der Waals surface area contributed by atoms with Crippen molar-refractivity contribution in [2.75, 3.05) is 13.7 Å². The second-order valence-electron chi connectivity index (χ2n) is 5.74. The lowest BCUT2D eigenvalue weighted by atomic mass is 10.1. The standard InChI is InChI=1S/C19H16Cl3N3O4/c1-3-28-19(26)18-17(23-25-24-18)10-4-5-15(16(6-10)27-2)29-9-12-13(21)7-11(20)8-14(12)22/h4-8H,3,9H2,1-2H3,(H,23,24,25). The van der Waals surface area contributed by atoms with Crippen LogP contribution >= 0.6 is 34.8 Å². The molecule has 3 rings (SSSR count). The van der Waals surface area contributed by atoms with Gasteiger partial charge in [-0.05, 0) is 37.3 Å². The predicted octanol–water partition coefficient (Wildman–Crippen LogP) is 5.20. The molecule has 0 spiro atoms. The van der Waals surface area contributed by atoms with E-state index in [4.69, 9.17) is 49.0 Å². The Morgan fingerprint density at radius 3 is 2.45 bits per heavy atom. The lowest BCUT2D eigenvalue weighted by Crippen LogP contribution is -2.07. The van der Waals surface area contributed by atoms with E-state index in [2.05, 4.69) is 15.4 Å². The molecule has 3 aromatic rings. The van der Waals surface area contributed by atoms with Crippen molar-refractivity contribution in [3.8, 4) is 22.8 Å². The van der Waals surface area contributed by atoms with Crippen LogP contribution in [0.25, 0.3) is 11.3 Å². The maximum atomic E-state index is 12.0. The highest BCUT2D eigenvalue weighted by Crippen LogP contribution is 2.35. The van der Waals surface area contributed by atoms with Gasteiger partial charge in [0.05, 0.1) is 23.8 Å². The Balaban J connectivity index is 1.85. The van der Waals surface area contributed by atoms with E-state index < -0.39 is 5.97 Å². The first kappa shape index (κ1) is 21.2. The smallest absolute Gasteiger partial charge is 0.361 e. The molecule has 0 radical (unpaired) electrons. The van der Waals surface area contributed by atoms with Gasteiger partial charge in [-0.2, -0.15) is 10.3 Å². The van der Waals surface area contributed by atoms with Crippen LogP contribution in [0.2, 0.25) is 15.1 Å². The number of carbonyl (C=O) groups excluding carboxylic acids is 1. The molecule has 10 heteroatoms. The molecule has 0 saturated carbocycles. The first-order chi connectivity index (χ1) is 13.9. The molecule has 29 heavy (non-hydrogen) atoms. The van der Waals surface area contributed by atoms with Crippen molar-refractivity contribution in [3.05, 3.63) is 56.7 Å². The highest BCUT2D eigenvalue weighted by molar-refractivity contribution is 6.39. The summed E-state index contributed by atoms with van der Waals surface area (Å²) >= 11 is 18.3. The predicted molar refractivity (Wildman–Crippen MR) is 110 cm³/mol. The largest absolute Gasteiger partial charge is 0.493 e. The van der Waals surface area contributed by atoms with Gasteiger partial charge in [0.2, 0.25) is 0 Å². The number of methoxy groups -OCH3 is 1. The lowest BCUT2D eigenvalue weighted by molar-refractivity contribution is 0.0520. The Kier molecular flexibility index (Phi) is 6.84. The number of hydrogen-bond acceptors (Lipinski definition) is 6. The Labute approximate surface area is 181 Å². The molecule has 0 unspecified atom stereocenters. The highest BCUT2D eigenvalue weighted by Gasteiger charge is 2.20. The van der Waals surface area contributed by atoms with Crippen LogP contribution in [0.5, 0.6) is 11.5 Å². The number of nitrogens with one attached hydrogen (secondary N) is 1. The minimum Gasteiger partial charge on any atom is -0.493 e. The summed E-state index contributed by atoms with van der Waals surface area (Å²) in [5.74, 6) is 0.323. The summed E-state index contributed by atoms with van der Waals surface area (Å²) in [6.45, 7) is 2.06. The average Bonchev–Trinajstić information content (AvgIpc) is 3.17. The Morgan fingerprint density at radius 1 is 1.07 bits per heavy atom. The van der Waals surface area contributed by atoms with Crippen LogP contribution < -0.4 is 9.47 Å². The van der Waals surface area contributed by atoms with Crippen molar-refractivity contribution in [3.63, 3.8) is 0 Å². The summed E-state index contributed by atoms with van der Waals surface area (Å²) in [5, 5.41) is 11.6. The molecule has 0 fully saturated rings. The molecule has 0 amide bonds. The zero-order valence-corrected chi connectivity index (χ0v) is 17.7. The van der Waals surface area contributed by atoms with Gasteiger partial charge in [-0.3, -0.25) is 0 Å². The summed E-state index contributed by atoms with van der Waals surface area (Å²) in [5.41, 5.74) is 1.64. The van der Waals surface area contributed by atoms with E-state index >= 15 is 0 Å². The van der Waals surface area contributed by atoms with Gasteiger partial charge in [-0.25, -0.2) is 4.79 Å². The maximum Gasteiger partial charge on any atom is 0.361 e. The number of nitrogens with zero attached hydrogens (tertiary/aromatic N) is 2. The van der Waals surface area contributed by atoms with Crippen LogP contribution in [0.15, 0.2) is 30.3 Å². The molecule has 1 aromatic heterocycles. The second kappa shape index (κ2) is 9.35. The topological polar surface area (TPSA) is 86.3 Å². The molecule has 152 valence electrons. The summed E-state index contributed by atoms with van der Waals surface area (Å²) < 4.78 is 16.2. The minimum absolute atomic E-state index is 0.0855. The van der Waals surface area contributed by atoms with E-state index in [9.17, 15) is 4.79 Å². The fraction of sp³-hybridized carbons (Fsp3) is 0.211. The molecule has 0 aliphatic rings. The summed E-state index contributed by atoms with van der Waals surface area (Å²) in [4.78, 5) is 12.0. The van der Waals surface area contributed by atoms with Gasteiger partial charge in [0.15, 0.2) is 17.2 Å². The maximum absolute atomic E-state index is 12.0.